The first kappa shape index (κ1) is 19.9. The van der Waals surface area contributed by atoms with Crippen molar-refractivity contribution in [2.45, 2.75) is 31.8 Å². The van der Waals surface area contributed by atoms with Gasteiger partial charge in [0.05, 0.1) is 11.3 Å². The second-order valence-corrected chi connectivity index (χ2v) is 8.63. The van der Waals surface area contributed by atoms with E-state index in [0.717, 1.165) is 48.4 Å². The van der Waals surface area contributed by atoms with E-state index in [0.29, 0.717) is 18.8 Å². The van der Waals surface area contributed by atoms with Crippen LogP contribution < -0.4 is 0 Å². The quantitative estimate of drug-likeness (QED) is 0.672. The van der Waals surface area contributed by atoms with Crippen molar-refractivity contribution in [2.75, 3.05) is 19.6 Å². The zero-order valence-corrected chi connectivity index (χ0v) is 17.8. The molecule has 0 amide bonds. The van der Waals surface area contributed by atoms with Crippen LogP contribution in [0.25, 0.3) is 11.4 Å². The number of aryl methyl sites for hydroxylation is 1. The second-order valence-electron chi connectivity index (χ2n) is 8.63. The standard InChI is InChI=1S/C26H26N4O/c1-19-7-8-22(17-27-19)25-28-16-21(24(29-25)15-20-5-3-2-4-6-20)9-12-26(31)18-30-13-10-23(26)11-14-30/h2-8,16-17,23,31H,10-11,13-15,18H2,1H3/t26-/m1/s1. The third-order valence-corrected chi connectivity index (χ3v) is 6.39. The maximum atomic E-state index is 11.2. The molecule has 5 nitrogen and oxygen atoms in total. The van der Waals surface area contributed by atoms with E-state index < -0.39 is 5.60 Å². The SMILES string of the molecule is Cc1ccc(-c2ncc(C#C[C@@]3(O)CN4CCC3CC4)c(Cc3ccccc3)n2)cn1. The number of aliphatic hydroxyl groups is 1. The van der Waals surface area contributed by atoms with Crippen LogP contribution >= 0.6 is 0 Å². The summed E-state index contributed by atoms with van der Waals surface area (Å²) in [4.78, 5) is 16.1. The maximum Gasteiger partial charge on any atom is 0.161 e. The zero-order valence-electron chi connectivity index (χ0n) is 17.8. The summed E-state index contributed by atoms with van der Waals surface area (Å²) in [5.41, 5.74) is 3.71. The molecule has 6 rings (SSSR count). The van der Waals surface area contributed by atoms with Gasteiger partial charge in [0.1, 0.15) is 5.60 Å². The third kappa shape index (κ3) is 4.23. The van der Waals surface area contributed by atoms with E-state index in [-0.39, 0.29) is 5.92 Å². The van der Waals surface area contributed by atoms with Gasteiger partial charge in [0.25, 0.3) is 0 Å². The number of hydrogen-bond acceptors (Lipinski definition) is 5. The van der Waals surface area contributed by atoms with Gasteiger partial charge in [-0.2, -0.15) is 0 Å². The molecule has 0 unspecified atom stereocenters. The van der Waals surface area contributed by atoms with Gasteiger partial charge in [0, 0.05) is 42.5 Å². The highest BCUT2D eigenvalue weighted by molar-refractivity contribution is 5.55. The van der Waals surface area contributed by atoms with Crippen molar-refractivity contribution in [1.82, 2.24) is 19.9 Å². The average molecular weight is 411 g/mol. The number of piperidine rings is 3. The van der Waals surface area contributed by atoms with E-state index in [1.54, 1.807) is 12.4 Å². The minimum Gasteiger partial charge on any atom is -0.376 e. The summed E-state index contributed by atoms with van der Waals surface area (Å²) in [6.45, 7) is 4.72. The highest BCUT2D eigenvalue weighted by Gasteiger charge is 2.44. The highest BCUT2D eigenvalue weighted by Crippen LogP contribution is 2.35. The lowest BCUT2D eigenvalue weighted by Crippen LogP contribution is -2.58. The number of fused-ring (bicyclic) bond motifs is 3. The summed E-state index contributed by atoms with van der Waals surface area (Å²) in [6.07, 6.45) is 6.28. The zero-order chi connectivity index (χ0) is 21.3. The Kier molecular flexibility index (Phi) is 5.27. The Morgan fingerprint density at radius 2 is 1.87 bits per heavy atom. The minimum absolute atomic E-state index is 0.251. The Morgan fingerprint density at radius 3 is 2.55 bits per heavy atom. The predicted molar refractivity (Wildman–Crippen MR) is 120 cm³/mol. The third-order valence-electron chi connectivity index (χ3n) is 6.39. The lowest BCUT2D eigenvalue weighted by atomic mass is 9.76. The molecule has 0 aliphatic carbocycles. The Morgan fingerprint density at radius 1 is 1.06 bits per heavy atom. The van der Waals surface area contributed by atoms with Gasteiger partial charge >= 0.3 is 0 Å². The predicted octanol–water partition coefficient (Wildman–Crippen LogP) is 3.25. The topological polar surface area (TPSA) is 62.1 Å². The van der Waals surface area contributed by atoms with Crippen LogP contribution in [0.15, 0.2) is 54.9 Å². The minimum atomic E-state index is -0.944. The lowest BCUT2D eigenvalue weighted by molar-refractivity contribution is -0.0713. The molecule has 3 aliphatic rings. The fraction of sp³-hybridized carbons (Fsp3) is 0.346. The van der Waals surface area contributed by atoms with Crippen LogP contribution in [-0.2, 0) is 6.42 Å². The van der Waals surface area contributed by atoms with Crippen LogP contribution in [0.2, 0.25) is 0 Å². The van der Waals surface area contributed by atoms with Crippen molar-refractivity contribution >= 4 is 0 Å². The molecule has 1 atom stereocenters. The number of nitrogens with zero attached hydrogens (tertiary/aromatic N) is 4. The Hall–Kier alpha value is -3.07. The summed E-state index contributed by atoms with van der Waals surface area (Å²) in [7, 11) is 0. The fourth-order valence-corrected chi connectivity index (χ4v) is 4.54. The molecule has 1 N–H and O–H groups in total. The number of rotatable bonds is 3. The summed E-state index contributed by atoms with van der Waals surface area (Å²) >= 11 is 0. The van der Waals surface area contributed by atoms with Gasteiger partial charge < -0.3 is 5.11 Å². The molecular formula is C26H26N4O. The first-order chi connectivity index (χ1) is 15.1. The van der Waals surface area contributed by atoms with Crippen LogP contribution in [0, 0.1) is 24.7 Å². The van der Waals surface area contributed by atoms with Crippen LogP contribution in [0.1, 0.15) is 35.4 Å². The molecule has 156 valence electrons. The molecule has 31 heavy (non-hydrogen) atoms. The molecular weight excluding hydrogens is 384 g/mol. The Labute approximate surface area is 183 Å². The van der Waals surface area contributed by atoms with Crippen LogP contribution in [0.5, 0.6) is 0 Å². The second kappa shape index (κ2) is 8.22. The van der Waals surface area contributed by atoms with E-state index in [4.69, 9.17) is 4.98 Å². The van der Waals surface area contributed by atoms with Gasteiger partial charge in [0.15, 0.2) is 5.82 Å². The molecule has 0 radical (unpaired) electrons. The van der Waals surface area contributed by atoms with E-state index >= 15 is 0 Å². The largest absolute Gasteiger partial charge is 0.376 e. The van der Waals surface area contributed by atoms with E-state index in [1.807, 2.05) is 37.3 Å². The lowest BCUT2D eigenvalue weighted by Gasteiger charge is -2.47. The summed E-state index contributed by atoms with van der Waals surface area (Å²) < 4.78 is 0. The molecule has 5 heteroatoms. The van der Waals surface area contributed by atoms with Gasteiger partial charge in [-0.05, 0) is 50.6 Å². The number of pyridine rings is 1. The van der Waals surface area contributed by atoms with Crippen LogP contribution in [0.4, 0.5) is 0 Å². The Bertz CT molecular complexity index is 1130. The molecule has 2 aromatic heterocycles. The fourth-order valence-electron chi connectivity index (χ4n) is 4.54. The summed E-state index contributed by atoms with van der Waals surface area (Å²) in [5.74, 6) is 7.35. The smallest absolute Gasteiger partial charge is 0.161 e. The number of aromatic nitrogens is 3. The molecule has 0 spiro atoms. The van der Waals surface area contributed by atoms with Crippen LogP contribution in [0.3, 0.4) is 0 Å². The first-order valence-corrected chi connectivity index (χ1v) is 10.9. The van der Waals surface area contributed by atoms with Crippen molar-refractivity contribution in [2.24, 2.45) is 5.92 Å². The van der Waals surface area contributed by atoms with E-state index in [9.17, 15) is 5.11 Å². The molecule has 0 saturated carbocycles. The highest BCUT2D eigenvalue weighted by atomic mass is 16.3. The number of hydrogen-bond donors (Lipinski definition) is 1. The average Bonchev–Trinajstić information content (AvgIpc) is 2.80. The Balaban J connectivity index is 1.51. The van der Waals surface area contributed by atoms with Crippen molar-refractivity contribution < 1.29 is 5.11 Å². The normalized spacial score (nSPS) is 24.5. The summed E-state index contributed by atoms with van der Waals surface area (Å²) in [5, 5.41) is 11.2. The molecule has 1 aromatic carbocycles. The van der Waals surface area contributed by atoms with Crippen molar-refractivity contribution in [3.8, 4) is 23.2 Å². The monoisotopic (exact) mass is 410 g/mol. The van der Waals surface area contributed by atoms with Gasteiger partial charge in [0.2, 0.25) is 0 Å². The van der Waals surface area contributed by atoms with Gasteiger partial charge in [-0.25, -0.2) is 9.97 Å². The van der Waals surface area contributed by atoms with E-state index in [1.165, 1.54) is 5.56 Å². The van der Waals surface area contributed by atoms with Crippen molar-refractivity contribution in [1.29, 1.82) is 0 Å². The van der Waals surface area contributed by atoms with Crippen molar-refractivity contribution in [3.63, 3.8) is 0 Å². The summed E-state index contributed by atoms with van der Waals surface area (Å²) in [6, 6.07) is 14.2. The maximum absolute atomic E-state index is 11.2. The molecule has 2 bridgehead atoms. The van der Waals surface area contributed by atoms with Gasteiger partial charge in [-0.15, -0.1) is 0 Å². The first-order valence-electron chi connectivity index (χ1n) is 10.9. The van der Waals surface area contributed by atoms with Gasteiger partial charge in [-0.3, -0.25) is 9.88 Å². The molecule has 3 aromatic rings. The van der Waals surface area contributed by atoms with E-state index in [2.05, 4.69) is 38.8 Å². The van der Waals surface area contributed by atoms with Crippen LogP contribution in [-0.4, -0.2) is 50.2 Å². The molecule has 5 heterocycles. The molecule has 3 fully saturated rings. The number of benzene rings is 1. The molecule has 3 aliphatic heterocycles. The van der Waals surface area contributed by atoms with Gasteiger partial charge in [-0.1, -0.05) is 42.2 Å². The molecule has 3 saturated heterocycles. The van der Waals surface area contributed by atoms with Crippen molar-refractivity contribution in [3.05, 3.63) is 77.4 Å².